The number of hydrogen-bond donors (Lipinski definition) is 1. The molecule has 1 unspecified atom stereocenters. The van der Waals surface area contributed by atoms with Gasteiger partial charge in [-0.2, -0.15) is 0 Å². The third-order valence-corrected chi connectivity index (χ3v) is 3.38. The molecule has 0 saturated heterocycles. The van der Waals surface area contributed by atoms with Crippen LogP contribution >= 0.6 is 11.6 Å². The average molecular weight is 336 g/mol. The summed E-state index contributed by atoms with van der Waals surface area (Å²) in [6.45, 7) is 1.35. The molecular formula is C17H15ClFNO3. The zero-order valence-electron chi connectivity index (χ0n) is 12.4. The topological polar surface area (TPSA) is 55.4 Å². The Labute approximate surface area is 138 Å². The second-order valence-electron chi connectivity index (χ2n) is 4.93. The van der Waals surface area contributed by atoms with E-state index in [1.54, 1.807) is 37.3 Å². The Kier molecular flexibility index (Phi) is 5.71. The minimum Gasteiger partial charge on any atom is -0.452 e. The van der Waals surface area contributed by atoms with Gasteiger partial charge >= 0.3 is 5.97 Å². The highest BCUT2D eigenvalue weighted by Crippen LogP contribution is 2.13. The quantitative estimate of drug-likeness (QED) is 0.851. The molecule has 1 amide bonds. The standard InChI is InChI=1S/C17H15ClFNO3/c1-11(12-5-7-15(19)8-6-12)20-16(21)10-23-17(22)13-3-2-4-14(18)9-13/h2-9,11H,10H2,1H3,(H,20,21). The van der Waals surface area contributed by atoms with Crippen LogP contribution in [0, 0.1) is 5.82 Å². The lowest BCUT2D eigenvalue weighted by Gasteiger charge is -2.14. The van der Waals surface area contributed by atoms with Gasteiger partial charge in [0, 0.05) is 5.02 Å². The molecule has 2 aromatic carbocycles. The van der Waals surface area contributed by atoms with E-state index in [-0.39, 0.29) is 17.4 Å². The number of carbonyl (C=O) groups is 2. The Balaban J connectivity index is 1.85. The van der Waals surface area contributed by atoms with Gasteiger partial charge < -0.3 is 10.1 Å². The number of rotatable bonds is 5. The molecule has 0 aliphatic rings. The third kappa shape index (κ3) is 5.07. The molecule has 4 nitrogen and oxygen atoms in total. The largest absolute Gasteiger partial charge is 0.452 e. The molecule has 0 saturated carbocycles. The molecule has 0 heterocycles. The van der Waals surface area contributed by atoms with Crippen LogP contribution in [-0.2, 0) is 9.53 Å². The molecular weight excluding hydrogens is 321 g/mol. The highest BCUT2D eigenvalue weighted by atomic mass is 35.5. The molecule has 0 aromatic heterocycles. The van der Waals surface area contributed by atoms with Crippen LogP contribution in [0.15, 0.2) is 48.5 Å². The maximum atomic E-state index is 12.9. The predicted molar refractivity (Wildman–Crippen MR) is 84.7 cm³/mol. The highest BCUT2D eigenvalue weighted by molar-refractivity contribution is 6.30. The van der Waals surface area contributed by atoms with E-state index in [1.165, 1.54) is 18.2 Å². The average Bonchev–Trinajstić information content (AvgIpc) is 2.53. The van der Waals surface area contributed by atoms with Gasteiger partial charge in [-0.3, -0.25) is 4.79 Å². The summed E-state index contributed by atoms with van der Waals surface area (Å²) in [5.74, 6) is -1.42. The molecule has 0 bridgehead atoms. The maximum absolute atomic E-state index is 12.9. The summed E-state index contributed by atoms with van der Waals surface area (Å²) in [6.07, 6.45) is 0. The van der Waals surface area contributed by atoms with E-state index in [0.717, 1.165) is 5.56 Å². The molecule has 6 heteroatoms. The van der Waals surface area contributed by atoms with Gasteiger partial charge in [0.2, 0.25) is 0 Å². The number of halogens is 2. The first-order chi connectivity index (χ1) is 11.0. The van der Waals surface area contributed by atoms with Gasteiger partial charge in [0.1, 0.15) is 5.82 Å². The first kappa shape index (κ1) is 17.0. The van der Waals surface area contributed by atoms with Gasteiger partial charge in [-0.1, -0.05) is 29.8 Å². The van der Waals surface area contributed by atoms with Crippen molar-refractivity contribution in [3.05, 3.63) is 70.5 Å². The molecule has 0 aliphatic carbocycles. The number of carbonyl (C=O) groups excluding carboxylic acids is 2. The van der Waals surface area contributed by atoms with Crippen LogP contribution in [0.1, 0.15) is 28.9 Å². The fraction of sp³-hybridized carbons (Fsp3) is 0.176. The summed E-state index contributed by atoms with van der Waals surface area (Å²) in [7, 11) is 0. The predicted octanol–water partition coefficient (Wildman–Crippen LogP) is 3.51. The molecule has 120 valence electrons. The number of ether oxygens (including phenoxy) is 1. The van der Waals surface area contributed by atoms with E-state index in [9.17, 15) is 14.0 Å². The Morgan fingerprint density at radius 3 is 2.57 bits per heavy atom. The summed E-state index contributed by atoms with van der Waals surface area (Å²) in [5.41, 5.74) is 1.03. The van der Waals surface area contributed by atoms with Gasteiger partial charge in [0.25, 0.3) is 5.91 Å². The summed E-state index contributed by atoms with van der Waals surface area (Å²) >= 11 is 5.79. The molecule has 1 atom stereocenters. The van der Waals surface area contributed by atoms with Gasteiger partial charge in [-0.25, -0.2) is 9.18 Å². The molecule has 2 aromatic rings. The Hall–Kier alpha value is -2.40. The van der Waals surface area contributed by atoms with Gasteiger partial charge in [0.15, 0.2) is 6.61 Å². The van der Waals surface area contributed by atoms with Gasteiger partial charge in [-0.05, 0) is 42.8 Å². The van der Waals surface area contributed by atoms with E-state index >= 15 is 0 Å². The van der Waals surface area contributed by atoms with Gasteiger partial charge in [0.05, 0.1) is 11.6 Å². The molecule has 0 radical (unpaired) electrons. The molecule has 23 heavy (non-hydrogen) atoms. The van der Waals surface area contributed by atoms with Crippen LogP contribution in [0.2, 0.25) is 5.02 Å². The molecule has 2 rings (SSSR count). The van der Waals surface area contributed by atoms with Gasteiger partial charge in [-0.15, -0.1) is 0 Å². The van der Waals surface area contributed by atoms with Crippen molar-refractivity contribution in [2.45, 2.75) is 13.0 Å². The minimum absolute atomic E-state index is 0.275. The van der Waals surface area contributed by atoms with Crippen LogP contribution in [-0.4, -0.2) is 18.5 Å². The number of amides is 1. The lowest BCUT2D eigenvalue weighted by molar-refractivity contribution is -0.124. The molecule has 0 spiro atoms. The third-order valence-electron chi connectivity index (χ3n) is 3.14. The zero-order valence-corrected chi connectivity index (χ0v) is 13.1. The van der Waals surface area contributed by atoms with Crippen molar-refractivity contribution in [3.8, 4) is 0 Å². The highest BCUT2D eigenvalue weighted by Gasteiger charge is 2.13. The van der Waals surface area contributed by atoms with Crippen molar-refractivity contribution >= 4 is 23.5 Å². The van der Waals surface area contributed by atoms with Crippen LogP contribution < -0.4 is 5.32 Å². The van der Waals surface area contributed by atoms with Crippen LogP contribution in [0.4, 0.5) is 4.39 Å². The Morgan fingerprint density at radius 1 is 1.22 bits per heavy atom. The summed E-state index contributed by atoms with van der Waals surface area (Å²) in [5, 5.41) is 3.08. The second-order valence-corrected chi connectivity index (χ2v) is 5.36. The van der Waals surface area contributed by atoms with Crippen molar-refractivity contribution in [2.24, 2.45) is 0 Å². The fourth-order valence-corrected chi connectivity index (χ4v) is 2.14. The van der Waals surface area contributed by atoms with Crippen molar-refractivity contribution < 1.29 is 18.7 Å². The maximum Gasteiger partial charge on any atom is 0.338 e. The lowest BCUT2D eigenvalue weighted by atomic mass is 10.1. The smallest absolute Gasteiger partial charge is 0.338 e. The molecule has 1 N–H and O–H groups in total. The van der Waals surface area contributed by atoms with E-state index in [2.05, 4.69) is 5.32 Å². The van der Waals surface area contributed by atoms with Crippen molar-refractivity contribution in [2.75, 3.05) is 6.61 Å². The number of benzene rings is 2. The van der Waals surface area contributed by atoms with E-state index in [4.69, 9.17) is 16.3 Å². The lowest BCUT2D eigenvalue weighted by Crippen LogP contribution is -2.31. The first-order valence-corrected chi connectivity index (χ1v) is 7.31. The Bertz CT molecular complexity index is 703. The van der Waals surface area contributed by atoms with Crippen LogP contribution in [0.5, 0.6) is 0 Å². The minimum atomic E-state index is -0.628. The van der Waals surface area contributed by atoms with E-state index in [0.29, 0.717) is 5.02 Å². The zero-order chi connectivity index (χ0) is 16.8. The number of nitrogens with one attached hydrogen (secondary N) is 1. The summed E-state index contributed by atoms with van der Waals surface area (Å²) in [6, 6.07) is 11.7. The fourth-order valence-electron chi connectivity index (χ4n) is 1.95. The summed E-state index contributed by atoms with van der Waals surface area (Å²) < 4.78 is 17.8. The van der Waals surface area contributed by atoms with Crippen molar-refractivity contribution in [1.82, 2.24) is 5.32 Å². The molecule has 0 fully saturated rings. The SMILES string of the molecule is CC(NC(=O)COC(=O)c1cccc(Cl)c1)c1ccc(F)cc1. The summed E-state index contributed by atoms with van der Waals surface area (Å²) in [4.78, 5) is 23.6. The van der Waals surface area contributed by atoms with Crippen LogP contribution in [0.3, 0.4) is 0 Å². The Morgan fingerprint density at radius 2 is 1.91 bits per heavy atom. The number of esters is 1. The molecule has 0 aliphatic heterocycles. The first-order valence-electron chi connectivity index (χ1n) is 6.93. The second kappa shape index (κ2) is 7.74. The van der Waals surface area contributed by atoms with Crippen molar-refractivity contribution in [3.63, 3.8) is 0 Å². The van der Waals surface area contributed by atoms with Crippen molar-refractivity contribution in [1.29, 1.82) is 0 Å². The van der Waals surface area contributed by atoms with Crippen LogP contribution in [0.25, 0.3) is 0 Å². The van der Waals surface area contributed by atoms with E-state index in [1.807, 2.05) is 0 Å². The van der Waals surface area contributed by atoms with E-state index < -0.39 is 18.5 Å². The monoisotopic (exact) mass is 335 g/mol. The normalized spacial score (nSPS) is 11.6. The number of hydrogen-bond acceptors (Lipinski definition) is 3.